The monoisotopic (exact) mass is 327 g/mol. The molecule has 0 bridgehead atoms. The largest absolute Gasteiger partial charge is 0.504 e. The third-order valence-corrected chi connectivity index (χ3v) is 4.59. The summed E-state index contributed by atoms with van der Waals surface area (Å²) < 4.78 is 5.33. The van der Waals surface area contributed by atoms with Crippen LogP contribution in [0.5, 0.6) is 11.5 Å². The zero-order valence-electron chi connectivity index (χ0n) is 13.1. The summed E-state index contributed by atoms with van der Waals surface area (Å²) in [4.78, 5) is 5.07. The van der Waals surface area contributed by atoms with Gasteiger partial charge in [0.1, 0.15) is 0 Å². The fraction of sp³-hybridized carbons (Fsp3) is 0.625. The lowest BCUT2D eigenvalue weighted by atomic mass is 10.1. The van der Waals surface area contributed by atoms with Crippen molar-refractivity contribution >= 4 is 12.4 Å². The van der Waals surface area contributed by atoms with Crippen molar-refractivity contribution in [1.29, 1.82) is 0 Å². The molecule has 22 heavy (non-hydrogen) atoms. The first-order valence-corrected chi connectivity index (χ1v) is 7.80. The number of aromatic hydroxyl groups is 1. The van der Waals surface area contributed by atoms with Gasteiger partial charge in [-0.15, -0.1) is 12.4 Å². The van der Waals surface area contributed by atoms with Crippen LogP contribution in [0.1, 0.15) is 12.0 Å². The highest BCUT2D eigenvalue weighted by molar-refractivity contribution is 5.85. The molecule has 5 nitrogen and oxygen atoms in total. The Kier molecular flexibility index (Phi) is 6.32. The molecule has 1 unspecified atom stereocenters. The summed E-state index contributed by atoms with van der Waals surface area (Å²) in [6, 6.07) is 6.28. The van der Waals surface area contributed by atoms with E-state index in [0.717, 1.165) is 51.4 Å². The lowest BCUT2D eigenvalue weighted by molar-refractivity contribution is 0.170. The molecule has 2 N–H and O–H groups in total. The molecular weight excluding hydrogens is 302 g/mol. The number of rotatable bonds is 4. The number of likely N-dealkylation sites (tertiary alicyclic amines) is 1. The van der Waals surface area contributed by atoms with E-state index in [1.165, 1.54) is 6.42 Å². The highest BCUT2D eigenvalue weighted by Crippen LogP contribution is 2.31. The normalized spacial score (nSPS) is 23.2. The maximum atomic E-state index is 9.86. The van der Waals surface area contributed by atoms with Crippen molar-refractivity contribution in [3.63, 3.8) is 0 Å². The molecule has 1 aromatic carbocycles. The molecular formula is C16H26ClN3O2. The number of nitrogens with one attached hydrogen (secondary N) is 1. The highest BCUT2D eigenvalue weighted by atomic mass is 35.5. The van der Waals surface area contributed by atoms with Gasteiger partial charge in [0, 0.05) is 57.4 Å². The Labute approximate surface area is 138 Å². The summed E-state index contributed by atoms with van der Waals surface area (Å²) in [6.07, 6.45) is 1.24. The van der Waals surface area contributed by atoms with Gasteiger partial charge in [-0.25, -0.2) is 0 Å². The van der Waals surface area contributed by atoms with Gasteiger partial charge >= 0.3 is 0 Å². The average molecular weight is 328 g/mol. The van der Waals surface area contributed by atoms with Gasteiger partial charge in [0.25, 0.3) is 0 Å². The van der Waals surface area contributed by atoms with Crippen LogP contribution >= 0.6 is 12.4 Å². The van der Waals surface area contributed by atoms with Crippen molar-refractivity contribution in [1.82, 2.24) is 15.1 Å². The molecule has 6 heteroatoms. The number of benzene rings is 1. The van der Waals surface area contributed by atoms with Crippen LogP contribution < -0.4 is 10.1 Å². The molecule has 0 aromatic heterocycles. The Balaban J connectivity index is 0.00000176. The SMILES string of the molecule is COc1c(O)cccc1CN1CCC(N2CCNCC2)C1.Cl. The number of methoxy groups -OCH3 is 1. The molecule has 2 aliphatic heterocycles. The van der Waals surface area contributed by atoms with E-state index in [9.17, 15) is 5.11 Å². The van der Waals surface area contributed by atoms with Crippen molar-refractivity contribution < 1.29 is 9.84 Å². The predicted octanol–water partition coefficient (Wildman–Crippen LogP) is 1.30. The summed E-state index contributed by atoms with van der Waals surface area (Å²) in [5.74, 6) is 0.843. The molecule has 0 aliphatic carbocycles. The molecule has 0 saturated carbocycles. The van der Waals surface area contributed by atoms with Gasteiger partial charge in [-0.3, -0.25) is 9.80 Å². The minimum absolute atomic E-state index is 0. The van der Waals surface area contributed by atoms with E-state index in [2.05, 4.69) is 15.1 Å². The van der Waals surface area contributed by atoms with Gasteiger partial charge in [-0.1, -0.05) is 12.1 Å². The minimum atomic E-state index is 0. The summed E-state index contributed by atoms with van der Waals surface area (Å²) in [7, 11) is 1.62. The first kappa shape index (κ1) is 17.3. The molecule has 2 aliphatic rings. The molecule has 0 radical (unpaired) electrons. The van der Waals surface area contributed by atoms with E-state index in [1.807, 2.05) is 12.1 Å². The number of nitrogens with zero attached hydrogens (tertiary/aromatic N) is 2. The lowest BCUT2D eigenvalue weighted by Gasteiger charge is -2.32. The lowest BCUT2D eigenvalue weighted by Crippen LogP contribution is -2.49. The maximum Gasteiger partial charge on any atom is 0.164 e. The van der Waals surface area contributed by atoms with Gasteiger partial charge in [0.15, 0.2) is 11.5 Å². The number of hydrogen-bond acceptors (Lipinski definition) is 5. The average Bonchev–Trinajstić information content (AvgIpc) is 2.97. The second-order valence-electron chi connectivity index (χ2n) is 5.93. The smallest absolute Gasteiger partial charge is 0.164 e. The van der Waals surface area contributed by atoms with Crippen molar-refractivity contribution in [3.8, 4) is 11.5 Å². The molecule has 3 rings (SSSR count). The number of hydrogen-bond donors (Lipinski definition) is 2. The van der Waals surface area contributed by atoms with Crippen LogP contribution in [-0.2, 0) is 6.54 Å². The van der Waals surface area contributed by atoms with E-state index in [1.54, 1.807) is 13.2 Å². The maximum absolute atomic E-state index is 9.86. The Morgan fingerprint density at radius 2 is 2.05 bits per heavy atom. The number of ether oxygens (including phenoxy) is 1. The fourth-order valence-corrected chi connectivity index (χ4v) is 3.47. The summed E-state index contributed by atoms with van der Waals surface area (Å²) in [5.41, 5.74) is 1.07. The van der Waals surface area contributed by atoms with Crippen LogP contribution in [0.4, 0.5) is 0 Å². The summed E-state index contributed by atoms with van der Waals surface area (Å²) >= 11 is 0. The van der Waals surface area contributed by atoms with E-state index in [0.29, 0.717) is 11.8 Å². The van der Waals surface area contributed by atoms with Crippen molar-refractivity contribution in [2.45, 2.75) is 19.0 Å². The van der Waals surface area contributed by atoms with E-state index in [4.69, 9.17) is 4.74 Å². The molecule has 0 spiro atoms. The molecule has 2 saturated heterocycles. The van der Waals surface area contributed by atoms with Crippen LogP contribution in [-0.4, -0.2) is 67.3 Å². The third-order valence-electron chi connectivity index (χ3n) is 4.59. The van der Waals surface area contributed by atoms with Gasteiger partial charge in [-0.2, -0.15) is 0 Å². The number of phenolic OH excluding ortho intramolecular Hbond substituents is 1. The van der Waals surface area contributed by atoms with Crippen LogP contribution in [0.3, 0.4) is 0 Å². The standard InChI is InChI=1S/C16H25N3O2.ClH/c1-21-16-13(3-2-4-15(16)20)11-18-8-5-14(12-18)19-9-6-17-7-10-19;/h2-4,14,17,20H,5-12H2,1H3;1H. The van der Waals surface area contributed by atoms with E-state index in [-0.39, 0.29) is 18.2 Å². The summed E-state index contributed by atoms with van der Waals surface area (Å²) in [6.45, 7) is 7.61. The number of halogens is 1. The minimum Gasteiger partial charge on any atom is -0.504 e. The summed E-state index contributed by atoms with van der Waals surface area (Å²) in [5, 5.41) is 13.3. The first-order chi connectivity index (χ1) is 10.3. The second kappa shape index (κ2) is 8.02. The topological polar surface area (TPSA) is 48.0 Å². The van der Waals surface area contributed by atoms with Gasteiger partial charge in [-0.05, 0) is 12.5 Å². The third kappa shape index (κ3) is 3.84. The van der Waals surface area contributed by atoms with Crippen LogP contribution in [0.2, 0.25) is 0 Å². The molecule has 124 valence electrons. The van der Waals surface area contributed by atoms with Gasteiger partial charge < -0.3 is 15.2 Å². The molecule has 0 amide bonds. The predicted molar refractivity (Wildman–Crippen MR) is 90.0 cm³/mol. The van der Waals surface area contributed by atoms with Gasteiger partial charge in [0.05, 0.1) is 7.11 Å². The van der Waals surface area contributed by atoms with E-state index < -0.39 is 0 Å². The molecule has 1 atom stereocenters. The second-order valence-corrected chi connectivity index (χ2v) is 5.93. The Morgan fingerprint density at radius 3 is 2.77 bits per heavy atom. The Bertz CT molecular complexity index is 480. The van der Waals surface area contributed by atoms with Crippen molar-refractivity contribution in [3.05, 3.63) is 23.8 Å². The zero-order chi connectivity index (χ0) is 14.7. The van der Waals surface area contributed by atoms with Gasteiger partial charge in [0.2, 0.25) is 0 Å². The van der Waals surface area contributed by atoms with Crippen LogP contribution in [0.15, 0.2) is 18.2 Å². The van der Waals surface area contributed by atoms with E-state index >= 15 is 0 Å². The Morgan fingerprint density at radius 1 is 1.27 bits per heavy atom. The number of phenols is 1. The highest BCUT2D eigenvalue weighted by Gasteiger charge is 2.28. The van der Waals surface area contributed by atoms with Crippen molar-refractivity contribution in [2.75, 3.05) is 46.4 Å². The van der Waals surface area contributed by atoms with Crippen LogP contribution in [0, 0.1) is 0 Å². The fourth-order valence-electron chi connectivity index (χ4n) is 3.47. The molecule has 2 fully saturated rings. The molecule has 1 aromatic rings. The first-order valence-electron chi connectivity index (χ1n) is 7.80. The number of piperazine rings is 1. The number of para-hydroxylation sites is 1. The van der Waals surface area contributed by atoms with Crippen LogP contribution in [0.25, 0.3) is 0 Å². The zero-order valence-corrected chi connectivity index (χ0v) is 13.9. The molecule has 2 heterocycles. The quantitative estimate of drug-likeness (QED) is 0.873. The van der Waals surface area contributed by atoms with Crippen molar-refractivity contribution in [2.24, 2.45) is 0 Å². The Hall–Kier alpha value is -1.01.